The van der Waals surface area contributed by atoms with Crippen LogP contribution in [0.3, 0.4) is 0 Å². The third-order valence-corrected chi connectivity index (χ3v) is 7.52. The Morgan fingerprint density at radius 2 is 1.46 bits per heavy atom. The molecule has 0 saturated heterocycles. The Morgan fingerprint density at radius 1 is 0.784 bits per heavy atom. The number of hydrogen-bond acceptors (Lipinski definition) is 3. The van der Waals surface area contributed by atoms with Gasteiger partial charge in [-0.3, -0.25) is 0 Å². The van der Waals surface area contributed by atoms with Crippen LogP contribution in [0.4, 0.5) is 0 Å². The molecule has 0 aliphatic carbocycles. The average Bonchev–Trinajstić information content (AvgIpc) is 2.93. The highest BCUT2D eigenvalue weighted by Crippen LogP contribution is 2.25. The van der Waals surface area contributed by atoms with E-state index >= 15 is 0 Å². The van der Waals surface area contributed by atoms with E-state index in [1.165, 1.54) is 29.7 Å². The topological polar surface area (TPSA) is 26.3 Å². The molecule has 0 bridgehead atoms. The van der Waals surface area contributed by atoms with Gasteiger partial charge in [0.1, 0.15) is 6.10 Å². The first-order chi connectivity index (χ1) is 18.2. The second-order valence-corrected chi connectivity index (χ2v) is 10.7. The lowest BCUT2D eigenvalue weighted by Crippen LogP contribution is -2.18. The fourth-order valence-corrected chi connectivity index (χ4v) is 5.15. The average molecular weight is 515 g/mol. The number of rotatable bonds is 16. The summed E-state index contributed by atoms with van der Waals surface area (Å²) in [5.74, 6) is 0.879. The zero-order chi connectivity index (χ0) is 26.1. The molecular formula is C34H42O2S. The van der Waals surface area contributed by atoms with Gasteiger partial charge in [0.25, 0.3) is 0 Å². The Labute approximate surface area is 228 Å². The van der Waals surface area contributed by atoms with Gasteiger partial charge in [-0.25, -0.2) is 4.79 Å². The highest BCUT2D eigenvalue weighted by Gasteiger charge is 2.15. The number of aryl methyl sites for hydroxylation is 1. The van der Waals surface area contributed by atoms with E-state index in [9.17, 15) is 4.79 Å². The van der Waals surface area contributed by atoms with Crippen LogP contribution >= 0.6 is 11.8 Å². The summed E-state index contributed by atoms with van der Waals surface area (Å²) in [4.78, 5) is 14.1. The molecule has 2 nitrogen and oxygen atoms in total. The quantitative estimate of drug-likeness (QED) is 0.0823. The van der Waals surface area contributed by atoms with Crippen molar-refractivity contribution in [1.29, 1.82) is 0 Å². The molecule has 1 atom stereocenters. The standard InChI is InChI=1S/C34H42O2S/c1-3-5-6-7-8-12-27-37-33-25-23-30(24-26-33)29-19-21-31(22-20-29)34(35)36-32(14-4-2)18-13-17-28-15-10-9-11-16-28/h7-11,15-16,19-26,32H,3-6,12-14,17-18,27H2,1-2H3. The maximum Gasteiger partial charge on any atom is 0.338 e. The molecule has 0 fully saturated rings. The van der Waals surface area contributed by atoms with Crippen molar-refractivity contribution in [3.8, 4) is 11.1 Å². The molecule has 196 valence electrons. The van der Waals surface area contributed by atoms with Gasteiger partial charge in [0, 0.05) is 10.6 Å². The van der Waals surface area contributed by atoms with E-state index < -0.39 is 0 Å². The molecule has 0 radical (unpaired) electrons. The van der Waals surface area contributed by atoms with Crippen molar-refractivity contribution in [2.75, 3.05) is 5.75 Å². The number of carbonyl (C=O) groups is 1. The van der Waals surface area contributed by atoms with Crippen LogP contribution in [0.25, 0.3) is 11.1 Å². The van der Waals surface area contributed by atoms with Gasteiger partial charge in [-0.2, -0.15) is 0 Å². The third kappa shape index (κ3) is 10.6. The first-order valence-corrected chi connectivity index (χ1v) is 14.9. The Hall–Kier alpha value is -2.78. The molecule has 3 aromatic carbocycles. The number of carbonyl (C=O) groups excluding carboxylic acids is 1. The molecule has 3 aromatic rings. The van der Waals surface area contributed by atoms with Gasteiger partial charge < -0.3 is 4.74 Å². The first kappa shape index (κ1) is 28.8. The minimum Gasteiger partial charge on any atom is -0.459 e. The summed E-state index contributed by atoms with van der Waals surface area (Å²) in [5, 5.41) is 0. The van der Waals surface area contributed by atoms with Gasteiger partial charge in [0.2, 0.25) is 0 Å². The highest BCUT2D eigenvalue weighted by atomic mass is 32.2. The lowest BCUT2D eigenvalue weighted by atomic mass is 10.0. The predicted octanol–water partition coefficient (Wildman–Crippen LogP) is 9.93. The number of ether oxygens (including phenoxy) is 1. The highest BCUT2D eigenvalue weighted by molar-refractivity contribution is 7.99. The minimum absolute atomic E-state index is 0.0298. The first-order valence-electron chi connectivity index (χ1n) is 13.9. The number of benzene rings is 3. The molecule has 0 saturated carbocycles. The molecule has 0 spiro atoms. The molecule has 3 rings (SSSR count). The summed E-state index contributed by atoms with van der Waals surface area (Å²) < 4.78 is 5.90. The lowest BCUT2D eigenvalue weighted by Gasteiger charge is -2.17. The van der Waals surface area contributed by atoms with Crippen LogP contribution in [0, 0.1) is 0 Å². The van der Waals surface area contributed by atoms with Crippen molar-refractivity contribution in [3.05, 3.63) is 102 Å². The molecule has 0 aliphatic heterocycles. The summed E-state index contributed by atoms with van der Waals surface area (Å²) in [6, 6.07) is 27.0. The van der Waals surface area contributed by atoms with E-state index in [0.29, 0.717) is 5.56 Å². The zero-order valence-corrected chi connectivity index (χ0v) is 23.3. The molecule has 0 aromatic heterocycles. The molecule has 3 heteroatoms. The molecule has 0 aliphatic rings. The smallest absolute Gasteiger partial charge is 0.338 e. The van der Waals surface area contributed by atoms with Gasteiger partial charge >= 0.3 is 5.97 Å². The Balaban J connectivity index is 1.47. The number of allylic oxidation sites excluding steroid dienone is 2. The van der Waals surface area contributed by atoms with Gasteiger partial charge in [0.05, 0.1) is 5.56 Å². The van der Waals surface area contributed by atoms with Gasteiger partial charge in [-0.05, 0) is 79.5 Å². The lowest BCUT2D eigenvalue weighted by molar-refractivity contribution is 0.0255. The number of thioether (sulfide) groups is 1. The molecular weight excluding hydrogens is 472 g/mol. The Kier molecular flexibility index (Phi) is 13.1. The molecule has 0 heterocycles. The summed E-state index contributed by atoms with van der Waals surface area (Å²) in [6.45, 7) is 4.37. The van der Waals surface area contributed by atoms with Gasteiger partial charge in [-0.1, -0.05) is 99.9 Å². The summed E-state index contributed by atoms with van der Waals surface area (Å²) in [7, 11) is 0. The van der Waals surface area contributed by atoms with E-state index in [1.54, 1.807) is 0 Å². The van der Waals surface area contributed by atoms with Crippen molar-refractivity contribution in [2.24, 2.45) is 0 Å². The van der Waals surface area contributed by atoms with Crippen LogP contribution < -0.4 is 0 Å². The van der Waals surface area contributed by atoms with E-state index in [1.807, 2.05) is 42.1 Å². The normalized spacial score (nSPS) is 12.1. The molecule has 0 amide bonds. The zero-order valence-electron chi connectivity index (χ0n) is 22.5. The van der Waals surface area contributed by atoms with Crippen molar-refractivity contribution < 1.29 is 9.53 Å². The van der Waals surface area contributed by atoms with Crippen LogP contribution in [0.15, 0.2) is 95.9 Å². The SMILES string of the molecule is CCCCC=CCCSc1ccc(-c2ccc(C(=O)OC(CCC)CCCc3ccccc3)cc2)cc1. The number of esters is 1. The Bertz CT molecular complexity index is 1060. The summed E-state index contributed by atoms with van der Waals surface area (Å²) >= 11 is 1.90. The maximum atomic E-state index is 12.8. The largest absolute Gasteiger partial charge is 0.459 e. The van der Waals surface area contributed by atoms with E-state index in [4.69, 9.17) is 4.74 Å². The van der Waals surface area contributed by atoms with E-state index in [0.717, 1.165) is 55.4 Å². The predicted molar refractivity (Wildman–Crippen MR) is 159 cm³/mol. The Morgan fingerprint density at radius 3 is 2.14 bits per heavy atom. The van der Waals surface area contributed by atoms with Crippen molar-refractivity contribution >= 4 is 17.7 Å². The van der Waals surface area contributed by atoms with E-state index in [2.05, 4.69) is 74.5 Å². The number of unbranched alkanes of at least 4 members (excludes halogenated alkanes) is 2. The van der Waals surface area contributed by atoms with Crippen LogP contribution in [-0.4, -0.2) is 17.8 Å². The fourth-order valence-electron chi connectivity index (χ4n) is 4.33. The van der Waals surface area contributed by atoms with Crippen LogP contribution in [0.1, 0.15) is 81.1 Å². The molecule has 0 N–H and O–H groups in total. The van der Waals surface area contributed by atoms with Crippen LogP contribution in [-0.2, 0) is 11.2 Å². The van der Waals surface area contributed by atoms with Crippen molar-refractivity contribution in [2.45, 2.75) is 82.6 Å². The van der Waals surface area contributed by atoms with Crippen molar-refractivity contribution in [3.63, 3.8) is 0 Å². The monoisotopic (exact) mass is 514 g/mol. The maximum absolute atomic E-state index is 12.8. The van der Waals surface area contributed by atoms with Gasteiger partial charge in [-0.15, -0.1) is 11.8 Å². The van der Waals surface area contributed by atoms with Crippen molar-refractivity contribution in [1.82, 2.24) is 0 Å². The second-order valence-electron chi connectivity index (χ2n) is 9.55. The van der Waals surface area contributed by atoms with E-state index in [-0.39, 0.29) is 12.1 Å². The minimum atomic E-state index is -0.222. The number of hydrogen-bond donors (Lipinski definition) is 0. The summed E-state index contributed by atoms with van der Waals surface area (Å²) in [6.07, 6.45) is 14.3. The second kappa shape index (κ2) is 16.9. The third-order valence-electron chi connectivity index (χ3n) is 6.47. The summed E-state index contributed by atoms with van der Waals surface area (Å²) in [5.41, 5.74) is 4.22. The fraction of sp³-hybridized carbons (Fsp3) is 0.382. The van der Waals surface area contributed by atoms with Crippen LogP contribution in [0.5, 0.6) is 0 Å². The molecule has 1 unspecified atom stereocenters. The van der Waals surface area contributed by atoms with Crippen LogP contribution in [0.2, 0.25) is 0 Å². The molecule has 37 heavy (non-hydrogen) atoms. The van der Waals surface area contributed by atoms with Gasteiger partial charge in [0.15, 0.2) is 0 Å².